The summed E-state index contributed by atoms with van der Waals surface area (Å²) in [7, 11) is 1.25. The number of aliphatic imine (C=N–C) groups is 1. The van der Waals surface area contributed by atoms with Crippen molar-refractivity contribution >= 4 is 17.8 Å². The number of carbonyl (C=O) groups excluding carboxylic acids is 2. The first-order valence-corrected chi connectivity index (χ1v) is 11.0. The zero-order valence-corrected chi connectivity index (χ0v) is 19.9. The Morgan fingerprint density at radius 2 is 1.83 bits per heavy atom. The van der Waals surface area contributed by atoms with E-state index in [0.717, 1.165) is 6.08 Å². The predicted molar refractivity (Wildman–Crippen MR) is 127 cm³/mol. The van der Waals surface area contributed by atoms with Gasteiger partial charge in [0.15, 0.2) is 0 Å². The SMILES string of the molecule is CCOC(=O)C/C(N)=C(/N=C(\N)CC1=CCC(C(F)(F)F)=CC=C1)Oc1ccccc1CC(=O)OC. The molecule has 1 aromatic carbocycles. The van der Waals surface area contributed by atoms with Crippen LogP contribution in [0.25, 0.3) is 0 Å². The average Bonchev–Trinajstić information content (AvgIpc) is 3.05. The number of ether oxygens (including phenoxy) is 3. The molecular formula is C25H28F3N3O5. The van der Waals surface area contributed by atoms with Crippen molar-refractivity contribution in [1.82, 2.24) is 0 Å². The highest BCUT2D eigenvalue weighted by atomic mass is 19.4. The Balaban J connectivity index is 2.34. The molecule has 36 heavy (non-hydrogen) atoms. The number of hydrogen-bond acceptors (Lipinski definition) is 7. The van der Waals surface area contributed by atoms with E-state index in [2.05, 4.69) is 4.99 Å². The topological polar surface area (TPSA) is 126 Å². The minimum Gasteiger partial charge on any atom is -0.469 e. The molecule has 8 nitrogen and oxygen atoms in total. The number of para-hydroxylation sites is 1. The summed E-state index contributed by atoms with van der Waals surface area (Å²) in [6.45, 7) is 1.78. The first-order valence-electron chi connectivity index (χ1n) is 11.0. The fourth-order valence-corrected chi connectivity index (χ4v) is 3.07. The molecule has 0 unspecified atom stereocenters. The Labute approximate surface area is 206 Å². The molecular weight excluding hydrogens is 479 g/mol. The van der Waals surface area contributed by atoms with Crippen LogP contribution in [0.2, 0.25) is 0 Å². The molecule has 194 valence electrons. The Hall–Kier alpha value is -4.02. The quantitative estimate of drug-likeness (QED) is 0.212. The summed E-state index contributed by atoms with van der Waals surface area (Å²) in [5, 5.41) is 0. The molecule has 2 rings (SSSR count). The van der Waals surface area contributed by atoms with Crippen LogP contribution < -0.4 is 16.2 Å². The maximum atomic E-state index is 13.0. The Bertz CT molecular complexity index is 1120. The van der Waals surface area contributed by atoms with Crippen molar-refractivity contribution in [3.05, 3.63) is 76.9 Å². The first-order chi connectivity index (χ1) is 17.0. The summed E-state index contributed by atoms with van der Waals surface area (Å²) in [5.41, 5.74) is 12.4. The van der Waals surface area contributed by atoms with Gasteiger partial charge in [-0.05, 0) is 25.0 Å². The second-order valence-electron chi connectivity index (χ2n) is 7.59. The summed E-state index contributed by atoms with van der Waals surface area (Å²) in [6.07, 6.45) is 0.00880. The Morgan fingerprint density at radius 1 is 1.11 bits per heavy atom. The standard InChI is InChI=1S/C25H28F3N3O5/c1-3-35-23(33)15-19(29)24(36-20-10-5-4-8-17(20)14-22(32)34-2)31-21(30)13-16-7-6-9-18(12-11-16)25(26,27)28/h4-11H,3,12-15,29H2,1-2H3,(H2,30,31)/b24-19+. The van der Waals surface area contributed by atoms with Gasteiger partial charge in [-0.15, -0.1) is 0 Å². The molecule has 0 heterocycles. The maximum absolute atomic E-state index is 13.0. The van der Waals surface area contributed by atoms with Crippen LogP contribution in [0.4, 0.5) is 13.2 Å². The number of allylic oxidation sites excluding steroid dienone is 5. The second kappa shape index (κ2) is 13.2. The van der Waals surface area contributed by atoms with Gasteiger partial charge in [0, 0.05) is 17.6 Å². The number of halogens is 3. The van der Waals surface area contributed by atoms with E-state index in [0.29, 0.717) is 11.1 Å². The highest BCUT2D eigenvalue weighted by Crippen LogP contribution is 2.30. The van der Waals surface area contributed by atoms with Crippen LogP contribution in [0.15, 0.2) is 76.3 Å². The zero-order valence-electron chi connectivity index (χ0n) is 19.9. The molecule has 1 aliphatic carbocycles. The molecule has 0 saturated heterocycles. The van der Waals surface area contributed by atoms with Crippen molar-refractivity contribution in [1.29, 1.82) is 0 Å². The molecule has 11 heteroatoms. The van der Waals surface area contributed by atoms with Crippen LogP contribution >= 0.6 is 0 Å². The number of alkyl halides is 3. The molecule has 0 spiro atoms. The van der Waals surface area contributed by atoms with E-state index in [9.17, 15) is 22.8 Å². The number of methoxy groups -OCH3 is 1. The summed E-state index contributed by atoms with van der Waals surface area (Å²) in [5.74, 6) is -1.11. The van der Waals surface area contributed by atoms with E-state index in [1.54, 1.807) is 31.2 Å². The van der Waals surface area contributed by atoms with E-state index >= 15 is 0 Å². The molecule has 4 N–H and O–H groups in total. The Morgan fingerprint density at radius 3 is 2.50 bits per heavy atom. The second-order valence-corrected chi connectivity index (χ2v) is 7.59. The van der Waals surface area contributed by atoms with Crippen LogP contribution in [-0.4, -0.2) is 37.7 Å². The van der Waals surface area contributed by atoms with E-state index in [1.165, 1.54) is 25.3 Å². The number of esters is 2. The first kappa shape index (κ1) is 28.2. The molecule has 1 aliphatic rings. The number of carbonyl (C=O) groups is 2. The maximum Gasteiger partial charge on any atom is 0.412 e. The zero-order chi connectivity index (χ0) is 26.7. The van der Waals surface area contributed by atoms with Gasteiger partial charge in [0.05, 0.1) is 32.3 Å². The Kier molecular flexibility index (Phi) is 10.3. The molecule has 0 fully saturated rings. The van der Waals surface area contributed by atoms with Crippen LogP contribution in [-0.2, 0) is 25.5 Å². The van der Waals surface area contributed by atoms with Crippen molar-refractivity contribution in [2.45, 2.75) is 38.8 Å². The van der Waals surface area contributed by atoms with Crippen LogP contribution in [0.1, 0.15) is 31.7 Å². The molecule has 0 atom stereocenters. The van der Waals surface area contributed by atoms with Crippen LogP contribution in [0.3, 0.4) is 0 Å². The summed E-state index contributed by atoms with van der Waals surface area (Å²) in [6, 6.07) is 6.57. The monoisotopic (exact) mass is 507 g/mol. The molecule has 0 radical (unpaired) electrons. The molecule has 0 aromatic heterocycles. The highest BCUT2D eigenvalue weighted by Gasteiger charge is 2.32. The van der Waals surface area contributed by atoms with Crippen molar-refractivity contribution in [3.63, 3.8) is 0 Å². The normalized spacial score (nSPS) is 14.8. The van der Waals surface area contributed by atoms with Crippen LogP contribution in [0.5, 0.6) is 5.75 Å². The van der Waals surface area contributed by atoms with Crippen molar-refractivity contribution in [3.8, 4) is 5.75 Å². The number of nitrogens with two attached hydrogens (primary N) is 2. The van der Waals surface area contributed by atoms with Crippen LogP contribution in [0, 0.1) is 0 Å². The molecule has 0 saturated carbocycles. The van der Waals surface area contributed by atoms with E-state index in [1.807, 2.05) is 0 Å². The average molecular weight is 508 g/mol. The van der Waals surface area contributed by atoms with E-state index < -0.39 is 23.7 Å². The largest absolute Gasteiger partial charge is 0.469 e. The molecule has 0 amide bonds. The lowest BCUT2D eigenvalue weighted by Gasteiger charge is -2.14. The number of benzene rings is 1. The lowest BCUT2D eigenvalue weighted by atomic mass is 10.1. The smallest absolute Gasteiger partial charge is 0.412 e. The molecule has 0 bridgehead atoms. The predicted octanol–water partition coefficient (Wildman–Crippen LogP) is 3.98. The van der Waals surface area contributed by atoms with Gasteiger partial charge in [-0.2, -0.15) is 18.2 Å². The van der Waals surface area contributed by atoms with Gasteiger partial charge >= 0.3 is 18.1 Å². The van der Waals surface area contributed by atoms with Gasteiger partial charge in [-0.3, -0.25) is 9.59 Å². The molecule has 1 aromatic rings. The fourth-order valence-electron chi connectivity index (χ4n) is 3.07. The van der Waals surface area contributed by atoms with Gasteiger partial charge in [-0.25, -0.2) is 0 Å². The fraction of sp³-hybridized carbons (Fsp3) is 0.320. The summed E-state index contributed by atoms with van der Waals surface area (Å²) < 4.78 is 54.4. The number of nitrogens with zero attached hydrogens (tertiary/aromatic N) is 1. The molecule has 0 aliphatic heterocycles. The van der Waals surface area contributed by atoms with Gasteiger partial charge in [0.25, 0.3) is 0 Å². The van der Waals surface area contributed by atoms with Crippen molar-refractivity contribution < 1.29 is 37.0 Å². The van der Waals surface area contributed by atoms with Gasteiger partial charge in [-0.1, -0.05) is 42.5 Å². The summed E-state index contributed by atoms with van der Waals surface area (Å²) >= 11 is 0. The van der Waals surface area contributed by atoms with E-state index in [4.69, 9.17) is 25.7 Å². The number of hydrogen-bond donors (Lipinski definition) is 2. The lowest BCUT2D eigenvalue weighted by molar-refractivity contribution is -0.142. The minimum absolute atomic E-state index is 0.00116. The third kappa shape index (κ3) is 8.97. The third-order valence-electron chi connectivity index (χ3n) is 4.84. The van der Waals surface area contributed by atoms with E-state index in [-0.39, 0.29) is 55.5 Å². The lowest BCUT2D eigenvalue weighted by Crippen LogP contribution is -2.18. The van der Waals surface area contributed by atoms with Gasteiger partial charge in [0.1, 0.15) is 11.6 Å². The summed E-state index contributed by atoms with van der Waals surface area (Å²) in [4.78, 5) is 27.9. The number of amidine groups is 1. The van der Waals surface area contributed by atoms with Crippen molar-refractivity contribution in [2.75, 3.05) is 13.7 Å². The van der Waals surface area contributed by atoms with Gasteiger partial charge < -0.3 is 25.7 Å². The van der Waals surface area contributed by atoms with Crippen molar-refractivity contribution in [2.24, 2.45) is 16.5 Å². The third-order valence-corrected chi connectivity index (χ3v) is 4.84. The minimum atomic E-state index is -4.43. The van der Waals surface area contributed by atoms with Gasteiger partial charge in [0.2, 0.25) is 5.88 Å². The number of rotatable bonds is 10. The highest BCUT2D eigenvalue weighted by molar-refractivity contribution is 5.84.